The maximum absolute atomic E-state index is 9.37. The zero-order valence-electron chi connectivity index (χ0n) is 14.1. The Morgan fingerprint density at radius 2 is 1.38 bits per heavy atom. The average Bonchev–Trinajstić information content (AvgIpc) is 2.48. The third-order valence-corrected chi connectivity index (χ3v) is 3.37. The minimum Gasteiger partial charge on any atom is -0.394 e. The van der Waals surface area contributed by atoms with Gasteiger partial charge in [-0.25, -0.2) is 0 Å². The summed E-state index contributed by atoms with van der Waals surface area (Å²) in [5, 5.41) is 18.2. The van der Waals surface area contributed by atoms with E-state index in [1.807, 2.05) is 13.8 Å². The van der Waals surface area contributed by atoms with Gasteiger partial charge in [-0.2, -0.15) is 0 Å². The van der Waals surface area contributed by atoms with Crippen LogP contribution in [0.2, 0.25) is 0 Å². The summed E-state index contributed by atoms with van der Waals surface area (Å²) in [5.41, 5.74) is 0. The maximum atomic E-state index is 9.37. The first kappa shape index (κ1) is 20.8. The van der Waals surface area contributed by atoms with E-state index in [0.29, 0.717) is 6.61 Å². The van der Waals surface area contributed by atoms with Crippen molar-refractivity contribution in [2.45, 2.75) is 77.8 Å². The molecule has 0 bridgehead atoms. The quantitative estimate of drug-likeness (QED) is 0.481. The molecule has 0 rings (SSSR count). The normalized spacial score (nSPS) is 17.4. The minimum atomic E-state index is -0.847. The number of aliphatic hydroxyl groups excluding tert-OH is 2. The predicted molar refractivity (Wildman–Crippen MR) is 83.5 cm³/mol. The van der Waals surface area contributed by atoms with Crippen molar-refractivity contribution in [1.82, 2.24) is 0 Å². The van der Waals surface area contributed by atoms with Crippen molar-refractivity contribution in [1.29, 1.82) is 0 Å². The highest BCUT2D eigenvalue weighted by molar-refractivity contribution is 4.74. The summed E-state index contributed by atoms with van der Waals surface area (Å²) in [7, 11) is 0. The van der Waals surface area contributed by atoms with E-state index in [1.54, 1.807) is 0 Å². The summed E-state index contributed by atoms with van der Waals surface area (Å²) in [5.74, 6) is 0. The Morgan fingerprint density at radius 3 is 1.90 bits per heavy atom. The summed E-state index contributed by atoms with van der Waals surface area (Å²) in [4.78, 5) is 0. The monoisotopic (exact) mass is 306 g/mol. The van der Waals surface area contributed by atoms with E-state index in [1.165, 1.54) is 0 Å². The third kappa shape index (κ3) is 10.2. The SMILES string of the molecule is CCCCO[C@H]([C@H](C)OCCCC)[C@@H](C)OCC(O)CO. The van der Waals surface area contributed by atoms with Gasteiger partial charge in [0.05, 0.1) is 25.4 Å². The molecule has 0 saturated heterocycles. The maximum Gasteiger partial charge on any atom is 0.109 e. The van der Waals surface area contributed by atoms with E-state index >= 15 is 0 Å². The lowest BCUT2D eigenvalue weighted by Gasteiger charge is -2.30. The molecule has 128 valence electrons. The van der Waals surface area contributed by atoms with Crippen LogP contribution in [0.15, 0.2) is 0 Å². The fourth-order valence-electron chi connectivity index (χ4n) is 1.94. The van der Waals surface area contributed by atoms with Crippen LogP contribution in [0.3, 0.4) is 0 Å². The highest BCUT2D eigenvalue weighted by atomic mass is 16.6. The van der Waals surface area contributed by atoms with E-state index in [0.717, 1.165) is 32.3 Å². The first-order valence-corrected chi connectivity index (χ1v) is 8.20. The Labute approximate surface area is 129 Å². The molecule has 0 heterocycles. The van der Waals surface area contributed by atoms with Crippen molar-refractivity contribution >= 4 is 0 Å². The zero-order chi connectivity index (χ0) is 16.1. The largest absolute Gasteiger partial charge is 0.394 e. The molecule has 4 atom stereocenters. The topological polar surface area (TPSA) is 68.2 Å². The number of unbranched alkanes of at least 4 members (excludes halogenated alkanes) is 2. The smallest absolute Gasteiger partial charge is 0.109 e. The first-order chi connectivity index (χ1) is 10.1. The second kappa shape index (κ2) is 13.5. The van der Waals surface area contributed by atoms with Crippen LogP contribution >= 0.6 is 0 Å². The minimum absolute atomic E-state index is 0.0605. The number of ether oxygens (including phenoxy) is 3. The Morgan fingerprint density at radius 1 is 0.857 bits per heavy atom. The van der Waals surface area contributed by atoms with Crippen LogP contribution in [0.5, 0.6) is 0 Å². The molecule has 0 aliphatic rings. The molecule has 5 nitrogen and oxygen atoms in total. The van der Waals surface area contributed by atoms with Crippen molar-refractivity contribution in [3.63, 3.8) is 0 Å². The van der Waals surface area contributed by atoms with Crippen LogP contribution in [0, 0.1) is 0 Å². The Hall–Kier alpha value is -0.200. The van der Waals surface area contributed by atoms with Gasteiger partial charge < -0.3 is 24.4 Å². The molecular formula is C16H34O5. The van der Waals surface area contributed by atoms with Crippen LogP contribution in [-0.2, 0) is 14.2 Å². The van der Waals surface area contributed by atoms with E-state index in [2.05, 4.69) is 13.8 Å². The molecule has 2 N–H and O–H groups in total. The molecule has 0 aliphatic heterocycles. The summed E-state index contributed by atoms with van der Waals surface area (Å²) < 4.78 is 17.3. The van der Waals surface area contributed by atoms with Gasteiger partial charge in [-0.15, -0.1) is 0 Å². The summed E-state index contributed by atoms with van der Waals surface area (Å²) in [6, 6.07) is 0. The van der Waals surface area contributed by atoms with E-state index < -0.39 is 6.10 Å². The lowest BCUT2D eigenvalue weighted by molar-refractivity contribution is -0.140. The third-order valence-electron chi connectivity index (χ3n) is 3.37. The summed E-state index contributed by atoms with van der Waals surface area (Å²) in [6.07, 6.45) is 2.95. The Balaban J connectivity index is 4.32. The van der Waals surface area contributed by atoms with Gasteiger partial charge in [0, 0.05) is 13.2 Å². The molecule has 0 fully saturated rings. The molecule has 0 amide bonds. The average molecular weight is 306 g/mol. The number of aliphatic hydroxyl groups is 2. The molecule has 5 heteroatoms. The standard InChI is InChI=1S/C16H34O5/c1-5-7-9-19-13(3)16(20-10-8-6-2)14(4)21-12-15(18)11-17/h13-18H,5-12H2,1-4H3/t13-,14+,15?,16+/m0/s1. The van der Waals surface area contributed by atoms with E-state index in [4.69, 9.17) is 19.3 Å². The molecular weight excluding hydrogens is 272 g/mol. The van der Waals surface area contributed by atoms with Crippen LogP contribution in [0.1, 0.15) is 53.4 Å². The Kier molecular flexibility index (Phi) is 13.3. The first-order valence-electron chi connectivity index (χ1n) is 8.20. The second-order valence-corrected chi connectivity index (χ2v) is 5.49. The van der Waals surface area contributed by atoms with Gasteiger partial charge in [0.25, 0.3) is 0 Å². The Bertz CT molecular complexity index is 225. The molecule has 0 radical (unpaired) electrons. The van der Waals surface area contributed by atoms with E-state index in [-0.39, 0.29) is 31.5 Å². The molecule has 0 saturated carbocycles. The van der Waals surface area contributed by atoms with Crippen LogP contribution in [0.25, 0.3) is 0 Å². The highest BCUT2D eigenvalue weighted by Crippen LogP contribution is 2.14. The number of hydrogen-bond donors (Lipinski definition) is 2. The van der Waals surface area contributed by atoms with E-state index in [9.17, 15) is 5.11 Å². The summed E-state index contributed by atoms with van der Waals surface area (Å²) in [6.45, 7) is 9.37. The predicted octanol–water partition coefficient (Wildman–Crippen LogP) is 2.14. The molecule has 0 aromatic rings. The van der Waals surface area contributed by atoms with Gasteiger partial charge in [-0.1, -0.05) is 26.7 Å². The van der Waals surface area contributed by atoms with Crippen molar-refractivity contribution in [3.8, 4) is 0 Å². The van der Waals surface area contributed by atoms with Gasteiger partial charge in [0.1, 0.15) is 12.2 Å². The fourth-order valence-corrected chi connectivity index (χ4v) is 1.94. The highest BCUT2D eigenvalue weighted by Gasteiger charge is 2.26. The number of rotatable bonds is 14. The van der Waals surface area contributed by atoms with Gasteiger partial charge in [0.2, 0.25) is 0 Å². The van der Waals surface area contributed by atoms with Crippen molar-refractivity contribution in [2.75, 3.05) is 26.4 Å². The lowest BCUT2D eigenvalue weighted by Crippen LogP contribution is -2.41. The summed E-state index contributed by atoms with van der Waals surface area (Å²) >= 11 is 0. The van der Waals surface area contributed by atoms with Gasteiger partial charge in [0.15, 0.2) is 0 Å². The molecule has 0 spiro atoms. The second-order valence-electron chi connectivity index (χ2n) is 5.49. The lowest BCUT2D eigenvalue weighted by atomic mass is 10.1. The molecule has 0 aromatic heterocycles. The van der Waals surface area contributed by atoms with Gasteiger partial charge in [-0.3, -0.25) is 0 Å². The van der Waals surface area contributed by atoms with Crippen LogP contribution in [0.4, 0.5) is 0 Å². The van der Waals surface area contributed by atoms with Crippen LogP contribution in [-0.4, -0.2) is 61.1 Å². The van der Waals surface area contributed by atoms with Crippen molar-refractivity contribution in [2.24, 2.45) is 0 Å². The number of hydrogen-bond acceptors (Lipinski definition) is 5. The van der Waals surface area contributed by atoms with Crippen molar-refractivity contribution < 1.29 is 24.4 Å². The van der Waals surface area contributed by atoms with Gasteiger partial charge in [-0.05, 0) is 26.7 Å². The van der Waals surface area contributed by atoms with Gasteiger partial charge >= 0.3 is 0 Å². The van der Waals surface area contributed by atoms with Crippen molar-refractivity contribution in [3.05, 3.63) is 0 Å². The fraction of sp³-hybridized carbons (Fsp3) is 1.00. The van der Waals surface area contributed by atoms with Crippen LogP contribution < -0.4 is 0 Å². The molecule has 0 aromatic carbocycles. The zero-order valence-corrected chi connectivity index (χ0v) is 14.1. The molecule has 0 aliphatic carbocycles. The molecule has 1 unspecified atom stereocenters. The molecule has 21 heavy (non-hydrogen) atoms.